The summed E-state index contributed by atoms with van der Waals surface area (Å²) >= 11 is 0. The highest BCUT2D eigenvalue weighted by Crippen LogP contribution is 2.10. The Morgan fingerprint density at radius 1 is 1.03 bits per heavy atom. The van der Waals surface area contributed by atoms with Crippen LogP contribution in [0.25, 0.3) is 6.08 Å². The topological polar surface area (TPSA) is 80.6 Å². The van der Waals surface area contributed by atoms with Gasteiger partial charge in [0.25, 0.3) is 11.8 Å². The molecule has 3 aromatic rings. The van der Waals surface area contributed by atoms with Crippen LogP contribution in [0, 0.1) is 6.92 Å². The van der Waals surface area contributed by atoms with Gasteiger partial charge in [0.15, 0.2) is 0 Å². The summed E-state index contributed by atoms with van der Waals surface area (Å²) in [7, 11) is 0. The SMILES string of the molecule is Cc1cccc(C(=O)N/C(=C\c2ccco2)C(=O)NCCOc2ccccc2)c1. The highest BCUT2D eigenvalue weighted by atomic mass is 16.5. The molecule has 0 aliphatic heterocycles. The second kappa shape index (κ2) is 9.94. The van der Waals surface area contributed by atoms with Gasteiger partial charge in [0.05, 0.1) is 12.8 Å². The number of carbonyl (C=O) groups is 2. The standard InChI is InChI=1S/C23H22N2O4/c1-17-7-5-8-18(15-17)22(26)25-21(16-20-11-6-13-28-20)23(27)24-12-14-29-19-9-3-2-4-10-19/h2-11,13,15-16H,12,14H2,1H3,(H,24,27)(H,25,26)/b21-16-. The summed E-state index contributed by atoms with van der Waals surface area (Å²) in [6.45, 7) is 2.48. The Hall–Kier alpha value is -3.80. The number of nitrogens with one attached hydrogen (secondary N) is 2. The van der Waals surface area contributed by atoms with Crippen molar-refractivity contribution in [3.05, 3.63) is 95.6 Å². The number of carbonyl (C=O) groups excluding carboxylic acids is 2. The minimum atomic E-state index is -0.431. The van der Waals surface area contributed by atoms with Crippen LogP contribution in [0.3, 0.4) is 0 Å². The monoisotopic (exact) mass is 390 g/mol. The molecule has 3 rings (SSSR count). The quantitative estimate of drug-likeness (QED) is 0.455. The van der Waals surface area contributed by atoms with Crippen LogP contribution in [0.4, 0.5) is 0 Å². The first kappa shape index (κ1) is 19.9. The molecule has 0 radical (unpaired) electrons. The second-order valence-corrected chi connectivity index (χ2v) is 6.31. The van der Waals surface area contributed by atoms with Crippen LogP contribution in [0.2, 0.25) is 0 Å². The van der Waals surface area contributed by atoms with Crippen molar-refractivity contribution in [3.63, 3.8) is 0 Å². The van der Waals surface area contributed by atoms with Crippen molar-refractivity contribution in [1.29, 1.82) is 0 Å². The molecule has 2 N–H and O–H groups in total. The summed E-state index contributed by atoms with van der Waals surface area (Å²) in [6.07, 6.45) is 2.98. The van der Waals surface area contributed by atoms with Crippen molar-refractivity contribution >= 4 is 17.9 Å². The van der Waals surface area contributed by atoms with Crippen molar-refractivity contribution in [3.8, 4) is 5.75 Å². The van der Waals surface area contributed by atoms with E-state index < -0.39 is 5.91 Å². The molecule has 0 bridgehead atoms. The molecule has 1 heterocycles. The molecular formula is C23H22N2O4. The van der Waals surface area contributed by atoms with Crippen LogP contribution in [0.5, 0.6) is 5.75 Å². The molecule has 6 nitrogen and oxygen atoms in total. The third-order valence-electron chi connectivity index (χ3n) is 4.00. The Kier molecular flexibility index (Phi) is 6.84. The minimum absolute atomic E-state index is 0.0890. The van der Waals surface area contributed by atoms with Crippen molar-refractivity contribution in [1.82, 2.24) is 10.6 Å². The molecule has 0 aliphatic carbocycles. The molecular weight excluding hydrogens is 368 g/mol. The Balaban J connectivity index is 1.63. The van der Waals surface area contributed by atoms with Gasteiger partial charge in [-0.1, -0.05) is 35.9 Å². The van der Waals surface area contributed by atoms with Crippen molar-refractivity contribution < 1.29 is 18.7 Å². The van der Waals surface area contributed by atoms with E-state index in [4.69, 9.17) is 9.15 Å². The van der Waals surface area contributed by atoms with Gasteiger partial charge in [-0.15, -0.1) is 0 Å². The van der Waals surface area contributed by atoms with Gasteiger partial charge in [-0.05, 0) is 43.3 Å². The number of para-hydroxylation sites is 1. The molecule has 0 saturated heterocycles. The molecule has 29 heavy (non-hydrogen) atoms. The summed E-state index contributed by atoms with van der Waals surface area (Å²) in [5.74, 6) is 0.377. The Morgan fingerprint density at radius 3 is 2.59 bits per heavy atom. The van der Waals surface area contributed by atoms with E-state index in [1.807, 2.05) is 43.3 Å². The molecule has 0 spiro atoms. The molecule has 6 heteroatoms. The molecule has 0 aliphatic rings. The number of furan rings is 1. The first-order valence-electron chi connectivity index (χ1n) is 9.21. The zero-order valence-electron chi connectivity index (χ0n) is 16.1. The van der Waals surface area contributed by atoms with E-state index in [1.54, 1.807) is 30.3 Å². The van der Waals surface area contributed by atoms with Gasteiger partial charge in [0, 0.05) is 11.6 Å². The highest BCUT2D eigenvalue weighted by molar-refractivity contribution is 6.05. The molecule has 2 aromatic carbocycles. The molecule has 0 unspecified atom stereocenters. The maximum atomic E-state index is 12.6. The third-order valence-corrected chi connectivity index (χ3v) is 4.00. The van der Waals surface area contributed by atoms with E-state index in [0.29, 0.717) is 17.9 Å². The smallest absolute Gasteiger partial charge is 0.268 e. The fourth-order valence-electron chi connectivity index (χ4n) is 2.60. The minimum Gasteiger partial charge on any atom is -0.492 e. The zero-order chi connectivity index (χ0) is 20.5. The van der Waals surface area contributed by atoms with Gasteiger partial charge in [-0.25, -0.2) is 0 Å². The van der Waals surface area contributed by atoms with E-state index in [9.17, 15) is 9.59 Å². The number of amides is 2. The maximum Gasteiger partial charge on any atom is 0.268 e. The number of rotatable bonds is 8. The largest absolute Gasteiger partial charge is 0.492 e. The summed E-state index contributed by atoms with van der Waals surface area (Å²) in [5.41, 5.74) is 1.51. The van der Waals surface area contributed by atoms with Crippen molar-refractivity contribution in [2.45, 2.75) is 6.92 Å². The van der Waals surface area contributed by atoms with Gasteiger partial charge in [0.2, 0.25) is 0 Å². The molecule has 2 amide bonds. The van der Waals surface area contributed by atoms with Gasteiger partial charge < -0.3 is 19.8 Å². The Bertz CT molecular complexity index is 979. The van der Waals surface area contributed by atoms with Crippen molar-refractivity contribution in [2.75, 3.05) is 13.2 Å². The molecule has 1 aromatic heterocycles. The van der Waals surface area contributed by atoms with Gasteiger partial charge >= 0.3 is 0 Å². The van der Waals surface area contributed by atoms with Gasteiger partial charge in [-0.2, -0.15) is 0 Å². The Morgan fingerprint density at radius 2 is 1.86 bits per heavy atom. The number of ether oxygens (including phenoxy) is 1. The second-order valence-electron chi connectivity index (χ2n) is 6.31. The zero-order valence-corrected chi connectivity index (χ0v) is 16.1. The average Bonchev–Trinajstić information content (AvgIpc) is 3.24. The van der Waals surface area contributed by atoms with E-state index in [1.165, 1.54) is 12.3 Å². The number of aryl methyl sites for hydroxylation is 1. The lowest BCUT2D eigenvalue weighted by atomic mass is 10.1. The van der Waals surface area contributed by atoms with Crippen molar-refractivity contribution in [2.24, 2.45) is 0 Å². The van der Waals surface area contributed by atoms with Crippen LogP contribution < -0.4 is 15.4 Å². The molecule has 0 atom stereocenters. The Labute approximate surface area is 169 Å². The first-order chi connectivity index (χ1) is 14.1. The highest BCUT2D eigenvalue weighted by Gasteiger charge is 2.15. The average molecular weight is 390 g/mol. The predicted octanol–water partition coefficient (Wildman–Crippen LogP) is 3.55. The number of hydrogen-bond acceptors (Lipinski definition) is 4. The van der Waals surface area contributed by atoms with Crippen LogP contribution in [0.1, 0.15) is 21.7 Å². The fourth-order valence-corrected chi connectivity index (χ4v) is 2.60. The summed E-state index contributed by atoms with van der Waals surface area (Å²) < 4.78 is 10.8. The van der Waals surface area contributed by atoms with E-state index >= 15 is 0 Å². The van der Waals surface area contributed by atoms with Crippen LogP contribution >= 0.6 is 0 Å². The normalized spacial score (nSPS) is 11.0. The molecule has 148 valence electrons. The van der Waals surface area contributed by atoms with Gasteiger partial charge in [-0.3, -0.25) is 9.59 Å². The maximum absolute atomic E-state index is 12.6. The van der Waals surface area contributed by atoms with Gasteiger partial charge in [0.1, 0.15) is 23.8 Å². The van der Waals surface area contributed by atoms with E-state index in [2.05, 4.69) is 10.6 Å². The lowest BCUT2D eigenvalue weighted by Gasteiger charge is -2.11. The molecule has 0 fully saturated rings. The van der Waals surface area contributed by atoms with E-state index in [0.717, 1.165) is 11.3 Å². The van der Waals surface area contributed by atoms with Crippen LogP contribution in [0.15, 0.2) is 83.1 Å². The predicted molar refractivity (Wildman–Crippen MR) is 110 cm³/mol. The lowest BCUT2D eigenvalue weighted by Crippen LogP contribution is -2.36. The number of benzene rings is 2. The summed E-state index contributed by atoms with van der Waals surface area (Å²) in [4.78, 5) is 25.2. The summed E-state index contributed by atoms with van der Waals surface area (Å²) in [5, 5.41) is 5.41. The number of hydrogen-bond donors (Lipinski definition) is 2. The first-order valence-corrected chi connectivity index (χ1v) is 9.21. The third kappa shape index (κ3) is 6.10. The lowest BCUT2D eigenvalue weighted by molar-refractivity contribution is -0.117. The van der Waals surface area contributed by atoms with Crippen LogP contribution in [-0.4, -0.2) is 25.0 Å². The fraction of sp³-hybridized carbons (Fsp3) is 0.130. The van der Waals surface area contributed by atoms with E-state index in [-0.39, 0.29) is 18.1 Å². The van der Waals surface area contributed by atoms with Crippen LogP contribution in [-0.2, 0) is 4.79 Å². The molecule has 0 saturated carbocycles. The summed E-state index contributed by atoms with van der Waals surface area (Å²) in [6, 6.07) is 19.9.